The second kappa shape index (κ2) is 3.70. The molecular formula is C10H8N2O2S. The van der Waals surface area contributed by atoms with Crippen LogP contribution in [0.3, 0.4) is 0 Å². The molecule has 0 saturated heterocycles. The molecule has 0 fully saturated rings. The molecule has 4 nitrogen and oxygen atoms in total. The number of anilines is 1. The molecule has 15 heavy (non-hydrogen) atoms. The number of nitrogens with zero attached hydrogens (tertiary/aromatic N) is 1. The van der Waals surface area contributed by atoms with E-state index in [0.29, 0.717) is 0 Å². The molecule has 1 aromatic heterocycles. The quantitative estimate of drug-likeness (QED) is 0.480. The van der Waals surface area contributed by atoms with E-state index in [1.807, 2.05) is 17.5 Å². The van der Waals surface area contributed by atoms with E-state index in [9.17, 15) is 10.1 Å². The van der Waals surface area contributed by atoms with E-state index in [-0.39, 0.29) is 11.4 Å². The Hall–Kier alpha value is -1.88. The molecule has 0 amide bonds. The van der Waals surface area contributed by atoms with Crippen LogP contribution in [0.25, 0.3) is 10.4 Å². The molecule has 0 spiro atoms. The smallest absolute Gasteiger partial charge is 0.292 e. The highest BCUT2D eigenvalue weighted by Gasteiger charge is 2.12. The van der Waals surface area contributed by atoms with Gasteiger partial charge >= 0.3 is 0 Å². The highest BCUT2D eigenvalue weighted by molar-refractivity contribution is 7.13. The van der Waals surface area contributed by atoms with Crippen molar-refractivity contribution in [1.82, 2.24) is 0 Å². The lowest BCUT2D eigenvalue weighted by molar-refractivity contribution is -0.383. The van der Waals surface area contributed by atoms with Gasteiger partial charge < -0.3 is 5.73 Å². The van der Waals surface area contributed by atoms with Crippen molar-refractivity contribution in [2.24, 2.45) is 0 Å². The summed E-state index contributed by atoms with van der Waals surface area (Å²) in [4.78, 5) is 11.2. The molecule has 0 aliphatic rings. The number of hydrogen-bond acceptors (Lipinski definition) is 4. The largest absolute Gasteiger partial charge is 0.393 e. The Labute approximate surface area is 90.1 Å². The molecule has 0 bridgehead atoms. The van der Waals surface area contributed by atoms with Crippen molar-refractivity contribution < 1.29 is 4.92 Å². The fourth-order valence-corrected chi connectivity index (χ4v) is 2.02. The van der Waals surface area contributed by atoms with E-state index in [0.717, 1.165) is 10.4 Å². The van der Waals surface area contributed by atoms with Crippen LogP contribution in [0, 0.1) is 10.1 Å². The van der Waals surface area contributed by atoms with Gasteiger partial charge in [-0.25, -0.2) is 0 Å². The average Bonchev–Trinajstić information content (AvgIpc) is 2.71. The fourth-order valence-electron chi connectivity index (χ4n) is 1.30. The lowest BCUT2D eigenvalue weighted by atomic mass is 10.1. The van der Waals surface area contributed by atoms with Crippen LogP contribution in [-0.2, 0) is 0 Å². The molecule has 0 aliphatic carbocycles. The summed E-state index contributed by atoms with van der Waals surface area (Å²) < 4.78 is 0. The topological polar surface area (TPSA) is 69.2 Å². The summed E-state index contributed by atoms with van der Waals surface area (Å²) in [6, 6.07) is 8.67. The van der Waals surface area contributed by atoms with Crippen molar-refractivity contribution in [3.63, 3.8) is 0 Å². The van der Waals surface area contributed by atoms with Crippen molar-refractivity contribution in [1.29, 1.82) is 0 Å². The van der Waals surface area contributed by atoms with Gasteiger partial charge in [0.05, 0.1) is 4.92 Å². The zero-order valence-electron chi connectivity index (χ0n) is 7.71. The first-order valence-corrected chi connectivity index (χ1v) is 5.14. The molecule has 0 saturated carbocycles. The first-order valence-electron chi connectivity index (χ1n) is 4.26. The Bertz CT molecular complexity index is 494. The van der Waals surface area contributed by atoms with E-state index >= 15 is 0 Å². The number of rotatable bonds is 2. The fraction of sp³-hybridized carbons (Fsp3) is 0. The van der Waals surface area contributed by atoms with Crippen LogP contribution in [0.1, 0.15) is 0 Å². The summed E-state index contributed by atoms with van der Waals surface area (Å²) >= 11 is 1.54. The third-order valence-electron chi connectivity index (χ3n) is 2.03. The second-order valence-corrected chi connectivity index (χ2v) is 3.96. The van der Waals surface area contributed by atoms with Crippen molar-refractivity contribution in [2.75, 3.05) is 5.73 Å². The third kappa shape index (κ3) is 1.82. The van der Waals surface area contributed by atoms with Gasteiger partial charge in [-0.15, -0.1) is 11.3 Å². The lowest BCUT2D eigenvalue weighted by Crippen LogP contribution is -1.95. The number of nitro benzene ring substituents is 1. The Morgan fingerprint density at radius 2 is 2.13 bits per heavy atom. The molecule has 76 valence electrons. The summed E-state index contributed by atoms with van der Waals surface area (Å²) in [5.74, 6) is 0. The van der Waals surface area contributed by atoms with Crippen LogP contribution in [0.2, 0.25) is 0 Å². The van der Waals surface area contributed by atoms with E-state index in [4.69, 9.17) is 5.73 Å². The van der Waals surface area contributed by atoms with E-state index in [2.05, 4.69) is 0 Å². The van der Waals surface area contributed by atoms with Crippen molar-refractivity contribution in [3.05, 3.63) is 45.8 Å². The standard InChI is InChI=1S/C10H8N2O2S/c11-8-4-3-7(6-9(8)12(13)14)10-2-1-5-15-10/h1-6H,11H2. The first kappa shape index (κ1) is 9.67. The predicted molar refractivity (Wildman–Crippen MR) is 60.8 cm³/mol. The molecule has 1 heterocycles. The number of hydrogen-bond donors (Lipinski definition) is 1. The number of benzene rings is 1. The zero-order valence-corrected chi connectivity index (χ0v) is 8.53. The van der Waals surface area contributed by atoms with Crippen LogP contribution in [0.5, 0.6) is 0 Å². The Morgan fingerprint density at radius 1 is 1.33 bits per heavy atom. The Balaban J connectivity index is 2.52. The monoisotopic (exact) mass is 220 g/mol. The summed E-state index contributed by atoms with van der Waals surface area (Å²) in [6.07, 6.45) is 0. The summed E-state index contributed by atoms with van der Waals surface area (Å²) in [6.45, 7) is 0. The van der Waals surface area contributed by atoms with Gasteiger partial charge in [-0.05, 0) is 23.1 Å². The van der Waals surface area contributed by atoms with Crippen molar-refractivity contribution in [3.8, 4) is 10.4 Å². The van der Waals surface area contributed by atoms with Crippen LogP contribution >= 0.6 is 11.3 Å². The first-order chi connectivity index (χ1) is 7.18. The lowest BCUT2D eigenvalue weighted by Gasteiger charge is -2.00. The van der Waals surface area contributed by atoms with Gasteiger partial charge in [-0.1, -0.05) is 12.1 Å². The number of nitrogens with two attached hydrogens (primary N) is 1. The third-order valence-corrected chi connectivity index (χ3v) is 2.95. The van der Waals surface area contributed by atoms with Crippen molar-refractivity contribution >= 4 is 22.7 Å². The predicted octanol–water partition coefficient (Wildman–Crippen LogP) is 2.91. The normalized spacial score (nSPS) is 10.1. The molecule has 0 unspecified atom stereocenters. The maximum Gasteiger partial charge on any atom is 0.292 e. The highest BCUT2D eigenvalue weighted by Crippen LogP contribution is 2.30. The second-order valence-electron chi connectivity index (χ2n) is 3.01. The molecule has 0 radical (unpaired) electrons. The van der Waals surface area contributed by atoms with E-state index in [1.54, 1.807) is 12.1 Å². The minimum atomic E-state index is -0.466. The molecule has 2 rings (SSSR count). The van der Waals surface area contributed by atoms with Gasteiger partial charge in [0.15, 0.2) is 0 Å². The summed E-state index contributed by atoms with van der Waals surface area (Å²) in [7, 11) is 0. The van der Waals surface area contributed by atoms with Crippen LogP contribution in [0.15, 0.2) is 35.7 Å². The Morgan fingerprint density at radius 3 is 2.73 bits per heavy atom. The van der Waals surface area contributed by atoms with Gasteiger partial charge in [-0.3, -0.25) is 10.1 Å². The summed E-state index contributed by atoms with van der Waals surface area (Å²) in [5.41, 5.74) is 6.48. The SMILES string of the molecule is Nc1ccc(-c2cccs2)cc1[N+](=O)[O-]. The zero-order chi connectivity index (χ0) is 10.8. The molecule has 5 heteroatoms. The van der Waals surface area contributed by atoms with E-state index in [1.165, 1.54) is 17.4 Å². The minimum absolute atomic E-state index is 0.0408. The minimum Gasteiger partial charge on any atom is -0.393 e. The average molecular weight is 220 g/mol. The van der Waals surface area contributed by atoms with Gasteiger partial charge in [0, 0.05) is 10.9 Å². The molecule has 2 N–H and O–H groups in total. The molecule has 2 aromatic rings. The molecular weight excluding hydrogens is 212 g/mol. The molecule has 0 aliphatic heterocycles. The van der Waals surface area contributed by atoms with Gasteiger partial charge in [0.1, 0.15) is 5.69 Å². The highest BCUT2D eigenvalue weighted by atomic mass is 32.1. The maximum absolute atomic E-state index is 10.7. The molecule has 0 atom stereocenters. The van der Waals surface area contributed by atoms with Crippen LogP contribution in [-0.4, -0.2) is 4.92 Å². The number of nitro groups is 1. The van der Waals surface area contributed by atoms with Gasteiger partial charge in [-0.2, -0.15) is 0 Å². The molecule has 1 aromatic carbocycles. The Kier molecular flexibility index (Phi) is 2.39. The van der Waals surface area contributed by atoms with Crippen molar-refractivity contribution in [2.45, 2.75) is 0 Å². The van der Waals surface area contributed by atoms with Crippen LogP contribution in [0.4, 0.5) is 11.4 Å². The van der Waals surface area contributed by atoms with Crippen LogP contribution < -0.4 is 5.73 Å². The number of thiophene rings is 1. The van der Waals surface area contributed by atoms with E-state index < -0.39 is 4.92 Å². The van der Waals surface area contributed by atoms with Gasteiger partial charge in [0.2, 0.25) is 0 Å². The maximum atomic E-state index is 10.7. The summed E-state index contributed by atoms with van der Waals surface area (Å²) in [5, 5.41) is 12.6. The number of nitrogen functional groups attached to an aromatic ring is 1. The van der Waals surface area contributed by atoms with Gasteiger partial charge in [0.25, 0.3) is 5.69 Å².